The Bertz CT molecular complexity index is 1120. The Morgan fingerprint density at radius 1 is 1.31 bits per heavy atom. The molecule has 192 valence electrons. The molecule has 2 aromatic rings. The summed E-state index contributed by atoms with van der Waals surface area (Å²) >= 11 is 0. The third kappa shape index (κ3) is 6.32. The van der Waals surface area contributed by atoms with Gasteiger partial charge in [0.2, 0.25) is 5.91 Å². The van der Waals surface area contributed by atoms with Gasteiger partial charge in [-0.2, -0.15) is 0 Å². The highest BCUT2D eigenvalue weighted by Crippen LogP contribution is 2.31. The second kappa shape index (κ2) is 11.9. The van der Waals surface area contributed by atoms with Crippen molar-refractivity contribution in [2.45, 2.75) is 20.0 Å². The SMILES string of the molecule is CCOc1c(O)cccc1CN(C)C(=O)/C=C/c1cnc2c(c1)CN(CCN1CCOCC1)C(=O)N2. The molecule has 0 radical (unpaired) electrons. The number of amides is 3. The lowest BCUT2D eigenvalue weighted by molar-refractivity contribution is -0.125. The van der Waals surface area contributed by atoms with E-state index in [9.17, 15) is 14.7 Å². The van der Waals surface area contributed by atoms with Crippen LogP contribution in [-0.2, 0) is 22.6 Å². The number of aromatic hydroxyl groups is 1. The lowest BCUT2D eigenvalue weighted by Gasteiger charge is -2.32. The van der Waals surface area contributed by atoms with Crippen LogP contribution in [0.3, 0.4) is 0 Å². The van der Waals surface area contributed by atoms with E-state index in [1.54, 1.807) is 41.3 Å². The first kappa shape index (κ1) is 25.5. The van der Waals surface area contributed by atoms with E-state index >= 15 is 0 Å². The number of nitrogens with one attached hydrogen (secondary N) is 1. The normalized spacial score (nSPS) is 16.1. The van der Waals surface area contributed by atoms with Crippen LogP contribution >= 0.6 is 0 Å². The minimum atomic E-state index is -0.195. The molecule has 1 saturated heterocycles. The van der Waals surface area contributed by atoms with Crippen molar-refractivity contribution in [3.05, 3.63) is 53.2 Å². The molecule has 2 N–H and O–H groups in total. The Labute approximate surface area is 211 Å². The van der Waals surface area contributed by atoms with E-state index in [0.29, 0.717) is 37.8 Å². The highest BCUT2D eigenvalue weighted by atomic mass is 16.5. The Morgan fingerprint density at radius 2 is 2.11 bits per heavy atom. The first-order valence-corrected chi connectivity index (χ1v) is 12.2. The molecule has 0 bridgehead atoms. The minimum absolute atomic E-state index is 0.0527. The van der Waals surface area contributed by atoms with Crippen LogP contribution in [0.1, 0.15) is 23.6 Å². The van der Waals surface area contributed by atoms with Gasteiger partial charge in [-0.1, -0.05) is 12.1 Å². The fourth-order valence-electron chi connectivity index (χ4n) is 4.21. The number of fused-ring (bicyclic) bond motifs is 1. The maximum atomic E-state index is 12.7. The number of morpholine rings is 1. The van der Waals surface area contributed by atoms with Gasteiger partial charge in [-0.15, -0.1) is 0 Å². The van der Waals surface area contributed by atoms with Gasteiger partial charge in [-0.05, 0) is 30.7 Å². The molecule has 3 heterocycles. The standard InChI is InChI=1S/C26H33N5O5/c1-3-36-24-20(5-4-6-22(24)32)17-29(2)23(33)8-7-19-15-21-18-31(26(34)28-25(21)27-16-19)10-9-30-11-13-35-14-12-30/h4-8,15-16,32H,3,9-14,17-18H2,1-2H3,(H,27,28,34)/b8-7+. The molecule has 0 atom stereocenters. The minimum Gasteiger partial charge on any atom is -0.504 e. The van der Waals surface area contributed by atoms with Gasteiger partial charge in [0.05, 0.1) is 26.4 Å². The number of likely N-dealkylation sites (N-methyl/N-ethyl adjacent to an activating group) is 1. The number of pyridine rings is 1. The predicted molar refractivity (Wildman–Crippen MR) is 136 cm³/mol. The van der Waals surface area contributed by atoms with Crippen LogP contribution in [0.4, 0.5) is 10.6 Å². The Hall–Kier alpha value is -3.63. The van der Waals surface area contributed by atoms with Crippen molar-refractivity contribution in [3.8, 4) is 11.5 Å². The van der Waals surface area contributed by atoms with Gasteiger partial charge < -0.3 is 24.4 Å². The van der Waals surface area contributed by atoms with Crippen molar-refractivity contribution in [1.82, 2.24) is 19.7 Å². The van der Waals surface area contributed by atoms with Crippen molar-refractivity contribution >= 4 is 23.8 Å². The first-order chi connectivity index (χ1) is 17.4. The number of hydrogen-bond donors (Lipinski definition) is 2. The molecule has 1 aromatic carbocycles. The monoisotopic (exact) mass is 495 g/mol. The molecule has 4 rings (SSSR count). The molecule has 0 saturated carbocycles. The van der Waals surface area contributed by atoms with Gasteiger partial charge in [0.1, 0.15) is 5.82 Å². The van der Waals surface area contributed by atoms with Crippen LogP contribution in [0.5, 0.6) is 11.5 Å². The summed E-state index contributed by atoms with van der Waals surface area (Å²) in [4.78, 5) is 35.2. The second-order valence-corrected chi connectivity index (χ2v) is 8.81. The number of phenols is 1. The molecular weight excluding hydrogens is 462 g/mol. The molecule has 2 aliphatic heterocycles. The van der Waals surface area contributed by atoms with E-state index in [1.165, 1.54) is 6.08 Å². The number of aromatic nitrogens is 1. The molecule has 3 amide bonds. The number of rotatable bonds is 9. The molecule has 0 aliphatic carbocycles. The van der Waals surface area contributed by atoms with Crippen LogP contribution in [0.2, 0.25) is 0 Å². The van der Waals surface area contributed by atoms with E-state index in [-0.39, 0.29) is 17.7 Å². The smallest absolute Gasteiger partial charge is 0.323 e. The van der Waals surface area contributed by atoms with E-state index in [2.05, 4.69) is 15.2 Å². The van der Waals surface area contributed by atoms with Crippen molar-refractivity contribution in [3.63, 3.8) is 0 Å². The maximum absolute atomic E-state index is 12.7. The number of urea groups is 1. The van der Waals surface area contributed by atoms with Gasteiger partial charge in [-0.3, -0.25) is 15.0 Å². The summed E-state index contributed by atoms with van der Waals surface area (Å²) in [6.45, 7) is 7.64. The number of carbonyl (C=O) groups excluding carboxylic acids is 2. The molecular formula is C26H33N5O5. The number of anilines is 1. The van der Waals surface area contributed by atoms with Gasteiger partial charge >= 0.3 is 6.03 Å². The number of hydrogen-bond acceptors (Lipinski definition) is 7. The summed E-state index contributed by atoms with van der Waals surface area (Å²) in [5, 5.41) is 12.9. The van der Waals surface area contributed by atoms with Crippen LogP contribution < -0.4 is 10.1 Å². The highest BCUT2D eigenvalue weighted by molar-refractivity contribution is 5.93. The zero-order chi connectivity index (χ0) is 25.5. The second-order valence-electron chi connectivity index (χ2n) is 8.81. The molecule has 2 aliphatic rings. The zero-order valence-electron chi connectivity index (χ0n) is 20.8. The van der Waals surface area contributed by atoms with Gasteiger partial charge in [-0.25, -0.2) is 9.78 Å². The number of benzene rings is 1. The number of nitrogens with zero attached hydrogens (tertiary/aromatic N) is 4. The van der Waals surface area contributed by atoms with Crippen LogP contribution in [-0.4, -0.2) is 89.8 Å². The van der Waals surface area contributed by atoms with Crippen molar-refractivity contribution in [2.75, 3.05) is 58.4 Å². The summed E-state index contributed by atoms with van der Waals surface area (Å²) < 4.78 is 10.9. The molecule has 36 heavy (non-hydrogen) atoms. The third-order valence-electron chi connectivity index (χ3n) is 6.22. The average Bonchev–Trinajstić information content (AvgIpc) is 2.88. The fraction of sp³-hybridized carbons (Fsp3) is 0.423. The largest absolute Gasteiger partial charge is 0.504 e. The van der Waals surface area contributed by atoms with Gasteiger partial charge in [0, 0.05) is 63.2 Å². The highest BCUT2D eigenvalue weighted by Gasteiger charge is 2.24. The molecule has 0 spiro atoms. The third-order valence-corrected chi connectivity index (χ3v) is 6.22. The quantitative estimate of drug-likeness (QED) is 0.515. The summed E-state index contributed by atoms with van der Waals surface area (Å²) in [5.74, 6) is 0.800. The fourth-order valence-corrected chi connectivity index (χ4v) is 4.21. The lowest BCUT2D eigenvalue weighted by Crippen LogP contribution is -2.45. The maximum Gasteiger partial charge on any atom is 0.323 e. The van der Waals surface area contributed by atoms with Crippen molar-refractivity contribution in [2.24, 2.45) is 0 Å². The predicted octanol–water partition coefficient (Wildman–Crippen LogP) is 2.54. The molecule has 10 heteroatoms. The Balaban J connectivity index is 1.37. The van der Waals surface area contributed by atoms with Gasteiger partial charge in [0.25, 0.3) is 0 Å². The van der Waals surface area contributed by atoms with Crippen LogP contribution in [0, 0.1) is 0 Å². The Kier molecular flexibility index (Phi) is 8.40. The molecule has 1 fully saturated rings. The number of carbonyl (C=O) groups is 2. The number of para-hydroxylation sites is 1. The summed E-state index contributed by atoms with van der Waals surface area (Å²) in [5.41, 5.74) is 2.40. The molecule has 10 nitrogen and oxygen atoms in total. The summed E-state index contributed by atoms with van der Waals surface area (Å²) in [7, 11) is 1.69. The van der Waals surface area contributed by atoms with E-state index in [0.717, 1.165) is 49.5 Å². The van der Waals surface area contributed by atoms with E-state index < -0.39 is 0 Å². The number of ether oxygens (including phenoxy) is 2. The first-order valence-electron chi connectivity index (χ1n) is 12.2. The topological polar surface area (TPSA) is 107 Å². The van der Waals surface area contributed by atoms with E-state index in [1.807, 2.05) is 19.1 Å². The summed E-state index contributed by atoms with van der Waals surface area (Å²) in [6.07, 6.45) is 4.84. The lowest BCUT2D eigenvalue weighted by atomic mass is 10.1. The molecule has 0 unspecified atom stereocenters. The molecule has 1 aromatic heterocycles. The summed E-state index contributed by atoms with van der Waals surface area (Å²) in [6, 6.07) is 6.90. The zero-order valence-corrected chi connectivity index (χ0v) is 20.8. The van der Waals surface area contributed by atoms with Gasteiger partial charge in [0.15, 0.2) is 11.5 Å². The average molecular weight is 496 g/mol. The number of phenolic OH excluding ortho intramolecular Hbond substituents is 1. The van der Waals surface area contributed by atoms with Crippen LogP contribution in [0.15, 0.2) is 36.5 Å². The van der Waals surface area contributed by atoms with E-state index in [4.69, 9.17) is 9.47 Å². The van der Waals surface area contributed by atoms with Crippen LogP contribution in [0.25, 0.3) is 6.08 Å². The van der Waals surface area contributed by atoms with Crippen molar-refractivity contribution < 1.29 is 24.2 Å². The van der Waals surface area contributed by atoms with Crippen molar-refractivity contribution in [1.29, 1.82) is 0 Å². The Morgan fingerprint density at radius 3 is 2.89 bits per heavy atom.